The molecule has 0 amide bonds. The number of hydrogen-bond acceptors (Lipinski definition) is 21. The first kappa shape index (κ1) is 70.2. The fourth-order valence-electron chi connectivity index (χ4n) is 5.42. The van der Waals surface area contributed by atoms with E-state index in [9.17, 15) is 26.4 Å². The molecule has 0 bridgehead atoms. The summed E-state index contributed by atoms with van der Waals surface area (Å²) in [6, 6.07) is 0. The molecule has 0 saturated heterocycles. The zero-order valence-corrected chi connectivity index (χ0v) is 53.1. The Labute approximate surface area is 457 Å². The number of tetrazole rings is 1. The van der Waals surface area contributed by atoms with E-state index in [4.69, 9.17) is 21.3 Å². The van der Waals surface area contributed by atoms with E-state index in [-0.39, 0.29) is 37.8 Å². The molecule has 1 aliphatic rings. The van der Waals surface area contributed by atoms with Gasteiger partial charge in [0.25, 0.3) is 4.84 Å². The highest BCUT2D eigenvalue weighted by Crippen LogP contribution is 2.25. The molecule has 6 rings (SSSR count). The Kier molecular flexibility index (Phi) is 26.2. The highest BCUT2D eigenvalue weighted by Gasteiger charge is 2.33. The van der Waals surface area contributed by atoms with E-state index in [2.05, 4.69) is 99.8 Å². The summed E-state index contributed by atoms with van der Waals surface area (Å²) in [6.45, 7) is 40.7. The Morgan fingerprint density at radius 1 is 0.707 bits per heavy atom. The maximum Gasteiger partial charge on any atom is 0.441 e. The number of nitrogens with one attached hydrogen (secondary N) is 1. The first-order valence-electron chi connectivity index (χ1n) is 23.3. The Morgan fingerprint density at radius 3 is 1.39 bits per heavy atom. The smallest absolute Gasteiger partial charge is 0.337 e. The van der Waals surface area contributed by atoms with E-state index in [0.29, 0.717) is 27.7 Å². The van der Waals surface area contributed by atoms with Gasteiger partial charge in [-0.3, -0.25) is 36.2 Å². The predicted octanol–water partition coefficient (Wildman–Crippen LogP) is 7.39. The Balaban J connectivity index is 0.000000861. The van der Waals surface area contributed by atoms with E-state index >= 15 is 0 Å². The van der Waals surface area contributed by atoms with Gasteiger partial charge in [-0.1, -0.05) is 131 Å². The van der Waals surface area contributed by atoms with Crippen molar-refractivity contribution in [2.45, 2.75) is 172 Å². The summed E-state index contributed by atoms with van der Waals surface area (Å²) in [5.41, 5.74) is 1.15. The van der Waals surface area contributed by atoms with Crippen LogP contribution in [-0.2, 0) is 90.7 Å². The highest BCUT2D eigenvalue weighted by atomic mass is 32.2. The molecule has 1 N–H and O–H groups in total. The predicted molar refractivity (Wildman–Crippen MR) is 297 cm³/mol. The van der Waals surface area contributed by atoms with Crippen LogP contribution in [-0.4, -0.2) is 105 Å². The molecule has 0 radical (unpaired) electrons. The molecule has 5 aromatic rings. The lowest BCUT2D eigenvalue weighted by Crippen LogP contribution is -2.33. The van der Waals surface area contributed by atoms with Crippen LogP contribution in [0.3, 0.4) is 0 Å². The van der Waals surface area contributed by atoms with E-state index < -0.39 is 42.9 Å². The first-order valence-corrected chi connectivity index (χ1v) is 28.2. The molecule has 0 spiro atoms. The SMILES string of the molecule is CCS(=O)OC.CN1C(C(C)(C)C)=NOS1=O.Cc1noc(NS(=O)(=O)C(C)(C)C)c1C.Cn1c(C(C)(C)C)noc1=O.Cn1c(C(C)(C)C)noc1=S.Cn1c(C(C)(C)C)nsc1=O.Cn1nnnc1C(C)(C)C. The molecule has 1 aliphatic heterocycles. The van der Waals surface area contributed by atoms with Gasteiger partial charge in [-0.15, -0.1) is 5.10 Å². The van der Waals surface area contributed by atoms with Crippen LogP contribution in [0.15, 0.2) is 28.3 Å². The van der Waals surface area contributed by atoms with E-state index in [1.165, 1.54) is 16.0 Å². The molecule has 30 heteroatoms. The minimum absolute atomic E-state index is 0.00465. The van der Waals surface area contributed by atoms with Crippen molar-refractivity contribution in [2.24, 2.45) is 38.8 Å². The van der Waals surface area contributed by atoms with Gasteiger partial charge < -0.3 is 9.05 Å². The van der Waals surface area contributed by atoms with Crippen LogP contribution in [0.4, 0.5) is 5.88 Å². The van der Waals surface area contributed by atoms with E-state index in [1.807, 2.05) is 76.4 Å². The lowest BCUT2D eigenvalue weighted by atomic mass is 9.95. The van der Waals surface area contributed by atoms with Crippen molar-refractivity contribution < 1.29 is 38.9 Å². The quantitative estimate of drug-likeness (QED) is 0.171. The van der Waals surface area contributed by atoms with Crippen molar-refractivity contribution in [1.82, 2.24) is 58.1 Å². The minimum Gasteiger partial charge on any atom is -0.337 e. The number of amidine groups is 1. The van der Waals surface area contributed by atoms with Crippen LogP contribution in [0.1, 0.15) is 166 Å². The number of rotatable bonds is 4. The van der Waals surface area contributed by atoms with Crippen molar-refractivity contribution in [3.63, 3.8) is 0 Å². The standard InChI is InChI=1S/C9H16N2O3S.C7H12N2O2.2C7H12N2OS.C6H12N4.C6H12N2O2S.C3H8O2S/c1-6-7(2)10-14-8(6)11-15(12,13)9(3,4)5;2*1-7(2,3)5-8-11-6(10)9(5)4;1-7(2,3)5-8-10-6(11)9(5)4;1-6(2,3)5-7-8-9-10(5)4;1-6(2,3)5-7-10-11(9)8(5)4;1-3-6(4)5-2/h11H,1-5H3;3*1-4H3;1-4H3;1-4H3;3H2,1-2H3. The topological polar surface area (TPSA) is 298 Å². The molecule has 6 heterocycles. The molecule has 25 nitrogen and oxygen atoms in total. The second kappa shape index (κ2) is 28.0. The summed E-state index contributed by atoms with van der Waals surface area (Å²) < 4.78 is 81.4. The summed E-state index contributed by atoms with van der Waals surface area (Å²) >= 11 is 3.44. The third-order valence-corrected chi connectivity index (χ3v) is 14.5. The van der Waals surface area contributed by atoms with Crippen molar-refractivity contribution in [3.8, 4) is 0 Å². The molecular formula is C45H84N14O11S5. The number of oxime groups is 1. The molecule has 5 aromatic heterocycles. The number of anilines is 1. The van der Waals surface area contributed by atoms with Gasteiger partial charge in [-0.25, -0.2) is 26.4 Å². The van der Waals surface area contributed by atoms with Gasteiger partial charge in [0.05, 0.1) is 17.6 Å². The van der Waals surface area contributed by atoms with Gasteiger partial charge in [0.1, 0.15) is 5.82 Å². The molecule has 2 unspecified atom stereocenters. The zero-order chi connectivity index (χ0) is 59.2. The van der Waals surface area contributed by atoms with E-state index in [0.717, 1.165) is 34.8 Å². The van der Waals surface area contributed by atoms with Crippen LogP contribution in [0.25, 0.3) is 0 Å². The molecule has 0 fully saturated rings. The lowest BCUT2D eigenvalue weighted by Gasteiger charge is -2.20. The number of sulfonamides is 1. The second-order valence-corrected chi connectivity index (χ2v) is 28.9. The van der Waals surface area contributed by atoms with Crippen LogP contribution >= 0.6 is 23.8 Å². The summed E-state index contributed by atoms with van der Waals surface area (Å²) in [5.74, 6) is 4.40. The van der Waals surface area contributed by atoms with Crippen molar-refractivity contribution in [2.75, 3.05) is 24.6 Å². The molecular weight excluding hydrogens is 1070 g/mol. The maximum absolute atomic E-state index is 11.8. The maximum atomic E-state index is 11.8. The zero-order valence-electron chi connectivity index (χ0n) is 49.1. The normalized spacial score (nSPS) is 14.3. The van der Waals surface area contributed by atoms with Crippen LogP contribution in [0.2, 0.25) is 0 Å². The Hall–Kier alpha value is -4.78. The monoisotopic (exact) mass is 1160 g/mol. The number of aryl methyl sites for hydroxylation is 2. The van der Waals surface area contributed by atoms with Gasteiger partial charge in [-0.2, -0.15) is 8.58 Å². The third kappa shape index (κ3) is 22.4. The first-order chi connectivity index (χ1) is 33.7. The molecule has 0 aliphatic carbocycles. The van der Waals surface area contributed by atoms with Gasteiger partial charge in [-0.05, 0) is 57.3 Å². The summed E-state index contributed by atoms with van der Waals surface area (Å²) in [6.07, 6.45) is 0. The third-order valence-electron chi connectivity index (χ3n) is 9.70. The number of aromatic nitrogens is 11. The summed E-state index contributed by atoms with van der Waals surface area (Å²) in [7, 11) is 6.80. The highest BCUT2D eigenvalue weighted by molar-refractivity contribution is 7.94. The molecule has 2 atom stereocenters. The van der Waals surface area contributed by atoms with Gasteiger partial charge in [0.15, 0.2) is 34.4 Å². The Morgan fingerprint density at radius 2 is 1.19 bits per heavy atom. The average Bonchev–Trinajstić information content (AvgIpc) is 4.13. The second-order valence-electron chi connectivity index (χ2n) is 22.8. The number of nitrogens with zero attached hydrogens (tertiary/aromatic N) is 13. The number of hydrogen-bond donors (Lipinski definition) is 1. The summed E-state index contributed by atoms with van der Waals surface area (Å²) in [5, 5.41) is 26.1. The lowest BCUT2D eigenvalue weighted by molar-refractivity contribution is 0.367. The summed E-state index contributed by atoms with van der Waals surface area (Å²) in [4.78, 5) is 22.3. The van der Waals surface area contributed by atoms with Crippen LogP contribution in [0.5, 0.6) is 0 Å². The largest absolute Gasteiger partial charge is 0.441 e. The molecule has 0 aromatic carbocycles. The fourth-order valence-corrected chi connectivity index (χ4v) is 7.97. The molecule has 0 saturated carbocycles. The van der Waals surface area contributed by atoms with Crippen LogP contribution < -0.4 is 15.4 Å². The van der Waals surface area contributed by atoms with Gasteiger partial charge >= 0.3 is 21.9 Å². The van der Waals surface area contributed by atoms with Gasteiger partial charge in [0.2, 0.25) is 15.9 Å². The fraction of sp³-hybridized carbons (Fsp3) is 0.756. The van der Waals surface area contributed by atoms with Crippen molar-refractivity contribution in [3.05, 3.63) is 59.6 Å². The van der Waals surface area contributed by atoms with E-state index in [1.54, 1.807) is 76.5 Å². The molecule has 75 heavy (non-hydrogen) atoms. The van der Waals surface area contributed by atoms with Crippen molar-refractivity contribution in [1.29, 1.82) is 0 Å². The van der Waals surface area contributed by atoms with Crippen molar-refractivity contribution >= 4 is 67.8 Å². The molecule has 430 valence electrons. The average molecular weight is 1160 g/mol. The van der Waals surface area contributed by atoms with Gasteiger partial charge in [0, 0.05) is 85.2 Å². The van der Waals surface area contributed by atoms with Crippen LogP contribution in [0, 0.1) is 24.1 Å². The minimum atomic E-state index is -3.44. The Bertz CT molecular complexity index is 2780.